The van der Waals surface area contributed by atoms with E-state index in [1.54, 1.807) is 0 Å². The molecule has 2 saturated heterocycles. The number of aliphatic hydroxyl groups excluding tert-OH is 1. The van der Waals surface area contributed by atoms with Crippen molar-refractivity contribution in [2.24, 2.45) is 5.73 Å². The Morgan fingerprint density at radius 2 is 2.05 bits per heavy atom. The van der Waals surface area contributed by atoms with Gasteiger partial charge in [-0.25, -0.2) is 0 Å². The third-order valence-electron chi connectivity index (χ3n) is 4.60. The van der Waals surface area contributed by atoms with Gasteiger partial charge in [0.25, 0.3) is 0 Å². The summed E-state index contributed by atoms with van der Waals surface area (Å²) >= 11 is 0. The van der Waals surface area contributed by atoms with Gasteiger partial charge in [0.2, 0.25) is 0 Å². The molecule has 3 atom stereocenters. The van der Waals surface area contributed by atoms with Gasteiger partial charge in [-0.15, -0.1) is 0 Å². The minimum Gasteiger partial charge on any atom is -0.393 e. The van der Waals surface area contributed by atoms with E-state index in [9.17, 15) is 5.11 Å². The zero-order valence-electron chi connectivity index (χ0n) is 11.5. The summed E-state index contributed by atoms with van der Waals surface area (Å²) in [6.45, 7) is 2.08. The van der Waals surface area contributed by atoms with E-state index in [0.29, 0.717) is 12.1 Å². The maximum absolute atomic E-state index is 9.84. The molecule has 0 spiro atoms. The Hall–Kier alpha value is -1.13. The number of fused-ring (bicyclic) bond motifs is 2. The van der Waals surface area contributed by atoms with Gasteiger partial charge >= 0.3 is 0 Å². The number of nitrogens with zero attached hydrogens (tertiary/aromatic N) is 2. The van der Waals surface area contributed by atoms with Gasteiger partial charge in [0.05, 0.1) is 23.7 Å². The Kier molecular flexibility index (Phi) is 3.46. The zero-order chi connectivity index (χ0) is 13.4. The molecule has 0 saturated carbocycles. The van der Waals surface area contributed by atoms with Gasteiger partial charge in [0.15, 0.2) is 0 Å². The number of hydrogen-bond donors (Lipinski definition) is 2. The summed E-state index contributed by atoms with van der Waals surface area (Å²) in [6, 6.07) is 5.20. The lowest BCUT2D eigenvalue weighted by molar-refractivity contribution is 0.126. The summed E-state index contributed by atoms with van der Waals surface area (Å²) in [5.41, 5.74) is 8.15. The predicted molar refractivity (Wildman–Crippen MR) is 76.0 cm³/mol. The van der Waals surface area contributed by atoms with Crippen LogP contribution < -0.4 is 10.6 Å². The van der Waals surface area contributed by atoms with Crippen LogP contribution in [-0.4, -0.2) is 28.3 Å². The van der Waals surface area contributed by atoms with Crippen LogP contribution in [0.5, 0.6) is 0 Å². The molecular formula is C15H23N3O. The van der Waals surface area contributed by atoms with Crippen LogP contribution in [0.1, 0.15) is 50.8 Å². The smallest absolute Gasteiger partial charge is 0.0579 e. The molecule has 0 aliphatic carbocycles. The fourth-order valence-electron chi connectivity index (χ4n) is 3.55. The van der Waals surface area contributed by atoms with Gasteiger partial charge in [0.1, 0.15) is 0 Å². The summed E-state index contributed by atoms with van der Waals surface area (Å²) in [4.78, 5) is 6.97. The normalized spacial score (nSPS) is 31.5. The van der Waals surface area contributed by atoms with Gasteiger partial charge in [-0.1, -0.05) is 6.92 Å². The molecule has 2 aliphatic rings. The van der Waals surface area contributed by atoms with E-state index in [-0.39, 0.29) is 12.1 Å². The fraction of sp³-hybridized carbons (Fsp3) is 0.667. The SMILES string of the molecule is CC[C@H](N)c1ccc(N2C3CCC2CC(O)C3)cn1. The molecule has 3 N–H and O–H groups in total. The molecule has 2 fully saturated rings. The highest BCUT2D eigenvalue weighted by atomic mass is 16.3. The van der Waals surface area contributed by atoms with Crippen molar-refractivity contribution in [3.63, 3.8) is 0 Å². The Bertz CT molecular complexity index is 420. The highest BCUT2D eigenvalue weighted by Crippen LogP contribution is 2.39. The van der Waals surface area contributed by atoms with Gasteiger partial charge in [-0.3, -0.25) is 4.98 Å². The molecule has 3 heterocycles. The molecular weight excluding hydrogens is 238 g/mol. The second-order valence-corrected chi connectivity index (χ2v) is 5.87. The number of aliphatic hydroxyl groups is 1. The van der Waals surface area contributed by atoms with Crippen LogP contribution in [0.25, 0.3) is 0 Å². The maximum Gasteiger partial charge on any atom is 0.0579 e. The second kappa shape index (κ2) is 5.10. The van der Waals surface area contributed by atoms with Crippen molar-refractivity contribution in [1.29, 1.82) is 0 Å². The van der Waals surface area contributed by atoms with Crippen molar-refractivity contribution < 1.29 is 5.11 Å². The first-order chi connectivity index (χ1) is 9.19. The molecule has 1 aromatic heterocycles. The van der Waals surface area contributed by atoms with Crippen LogP contribution in [0.3, 0.4) is 0 Å². The first-order valence-electron chi connectivity index (χ1n) is 7.37. The summed E-state index contributed by atoms with van der Waals surface area (Å²) in [5.74, 6) is 0. The van der Waals surface area contributed by atoms with Crippen LogP contribution >= 0.6 is 0 Å². The molecule has 4 heteroatoms. The Morgan fingerprint density at radius 3 is 2.58 bits per heavy atom. The van der Waals surface area contributed by atoms with Crippen LogP contribution in [-0.2, 0) is 0 Å². The van der Waals surface area contributed by atoms with E-state index >= 15 is 0 Å². The Balaban J connectivity index is 1.80. The molecule has 0 amide bonds. The van der Waals surface area contributed by atoms with Gasteiger partial charge in [0, 0.05) is 18.1 Å². The van der Waals surface area contributed by atoms with Crippen LogP contribution in [0, 0.1) is 0 Å². The first kappa shape index (κ1) is 12.9. The summed E-state index contributed by atoms with van der Waals surface area (Å²) in [5, 5.41) is 9.84. The minimum atomic E-state index is -0.116. The zero-order valence-corrected chi connectivity index (χ0v) is 11.5. The van der Waals surface area contributed by atoms with Gasteiger partial charge in [-0.2, -0.15) is 0 Å². The lowest BCUT2D eigenvalue weighted by Gasteiger charge is -2.38. The van der Waals surface area contributed by atoms with E-state index < -0.39 is 0 Å². The summed E-state index contributed by atoms with van der Waals surface area (Å²) in [6.07, 6.45) is 6.92. The van der Waals surface area contributed by atoms with Crippen molar-refractivity contribution in [3.05, 3.63) is 24.0 Å². The average Bonchev–Trinajstić information content (AvgIpc) is 2.70. The van der Waals surface area contributed by atoms with Crippen molar-refractivity contribution >= 4 is 5.69 Å². The number of nitrogens with two attached hydrogens (primary N) is 1. The molecule has 104 valence electrons. The maximum atomic E-state index is 9.84. The van der Waals surface area contributed by atoms with Crippen LogP contribution in [0.4, 0.5) is 5.69 Å². The number of rotatable bonds is 3. The molecule has 2 bridgehead atoms. The number of aromatic nitrogens is 1. The largest absolute Gasteiger partial charge is 0.393 e. The Morgan fingerprint density at radius 1 is 1.37 bits per heavy atom. The van der Waals surface area contributed by atoms with E-state index in [1.165, 1.54) is 18.5 Å². The molecule has 0 aromatic carbocycles. The predicted octanol–water partition coefficient (Wildman–Crippen LogP) is 1.98. The molecule has 2 aliphatic heterocycles. The molecule has 0 radical (unpaired) electrons. The number of anilines is 1. The molecule has 2 unspecified atom stereocenters. The van der Waals surface area contributed by atoms with Gasteiger partial charge in [-0.05, 0) is 44.2 Å². The lowest BCUT2D eigenvalue weighted by Crippen LogP contribution is -2.44. The van der Waals surface area contributed by atoms with Crippen molar-refractivity contribution in [3.8, 4) is 0 Å². The van der Waals surface area contributed by atoms with Crippen LogP contribution in [0.15, 0.2) is 18.3 Å². The van der Waals surface area contributed by atoms with Crippen molar-refractivity contribution in [2.75, 3.05) is 4.90 Å². The molecule has 1 aromatic rings. The van der Waals surface area contributed by atoms with Gasteiger partial charge < -0.3 is 15.7 Å². The third kappa shape index (κ3) is 2.35. The summed E-state index contributed by atoms with van der Waals surface area (Å²) < 4.78 is 0. The van der Waals surface area contributed by atoms with Crippen LogP contribution in [0.2, 0.25) is 0 Å². The highest BCUT2D eigenvalue weighted by molar-refractivity contribution is 5.49. The fourth-order valence-corrected chi connectivity index (χ4v) is 3.55. The quantitative estimate of drug-likeness (QED) is 0.873. The number of piperidine rings is 1. The average molecular weight is 261 g/mol. The number of pyridine rings is 1. The molecule has 19 heavy (non-hydrogen) atoms. The van der Waals surface area contributed by atoms with E-state index in [0.717, 1.165) is 25.0 Å². The standard InChI is InChI=1S/C15H23N3O/c1-2-14(16)15-6-5-12(9-17-15)18-10-3-4-11(18)8-13(19)7-10/h5-6,9-11,13-14,19H,2-4,7-8,16H2,1H3/t10?,11?,13?,14-/m0/s1. The topological polar surface area (TPSA) is 62.4 Å². The lowest BCUT2D eigenvalue weighted by atomic mass is 9.99. The third-order valence-corrected chi connectivity index (χ3v) is 4.60. The van der Waals surface area contributed by atoms with Crippen molar-refractivity contribution in [2.45, 2.75) is 63.3 Å². The van der Waals surface area contributed by atoms with Crippen molar-refractivity contribution in [1.82, 2.24) is 4.98 Å². The first-order valence-corrected chi connectivity index (χ1v) is 7.37. The summed E-state index contributed by atoms with van der Waals surface area (Å²) in [7, 11) is 0. The van der Waals surface area contributed by atoms with E-state index in [2.05, 4.69) is 22.9 Å². The molecule has 3 rings (SSSR count). The number of hydrogen-bond acceptors (Lipinski definition) is 4. The minimum absolute atomic E-state index is 0.0361. The molecule has 4 nitrogen and oxygen atoms in total. The van der Waals surface area contributed by atoms with E-state index in [1.807, 2.05) is 12.3 Å². The monoisotopic (exact) mass is 261 g/mol. The van der Waals surface area contributed by atoms with E-state index in [4.69, 9.17) is 5.73 Å². The Labute approximate surface area is 114 Å². The highest BCUT2D eigenvalue weighted by Gasteiger charge is 2.40. The second-order valence-electron chi connectivity index (χ2n) is 5.87.